The Labute approximate surface area is 146 Å². The molecule has 134 valence electrons. The van der Waals surface area contributed by atoms with Gasteiger partial charge in [-0.2, -0.15) is 0 Å². The van der Waals surface area contributed by atoms with E-state index in [1.807, 2.05) is 37.3 Å². The van der Waals surface area contributed by atoms with Gasteiger partial charge in [-0.1, -0.05) is 30.3 Å². The van der Waals surface area contributed by atoms with E-state index in [2.05, 4.69) is 4.72 Å². The van der Waals surface area contributed by atoms with Crippen LogP contribution in [-0.2, 0) is 20.4 Å². The number of benzene rings is 1. The third kappa shape index (κ3) is 3.46. The Morgan fingerprint density at radius 2 is 1.92 bits per heavy atom. The van der Waals surface area contributed by atoms with Crippen molar-refractivity contribution in [1.82, 2.24) is 9.62 Å². The molecule has 25 heavy (non-hydrogen) atoms. The van der Waals surface area contributed by atoms with Crippen molar-refractivity contribution in [2.24, 2.45) is 0 Å². The largest absolute Gasteiger partial charge is 0.438 e. The van der Waals surface area contributed by atoms with Gasteiger partial charge < -0.3 is 14.1 Å². The zero-order valence-corrected chi connectivity index (χ0v) is 14.9. The highest BCUT2D eigenvalue weighted by atomic mass is 32.2. The van der Waals surface area contributed by atoms with E-state index in [1.54, 1.807) is 4.90 Å². The molecule has 1 aliphatic rings. The van der Waals surface area contributed by atoms with Crippen molar-refractivity contribution >= 4 is 15.9 Å². The van der Waals surface area contributed by atoms with E-state index in [0.717, 1.165) is 5.56 Å². The van der Waals surface area contributed by atoms with Crippen LogP contribution in [0.4, 0.5) is 0 Å². The zero-order valence-electron chi connectivity index (χ0n) is 14.1. The van der Waals surface area contributed by atoms with E-state index in [-0.39, 0.29) is 16.8 Å². The second kappa shape index (κ2) is 6.62. The van der Waals surface area contributed by atoms with E-state index in [4.69, 9.17) is 9.15 Å². The maximum atomic E-state index is 12.7. The first-order valence-electron chi connectivity index (χ1n) is 7.88. The number of sulfonamides is 1. The van der Waals surface area contributed by atoms with E-state index >= 15 is 0 Å². The molecule has 1 N–H and O–H groups in total. The van der Waals surface area contributed by atoms with Crippen molar-refractivity contribution in [1.29, 1.82) is 0 Å². The minimum atomic E-state index is -3.72. The highest BCUT2D eigenvalue weighted by Gasteiger charge is 2.36. The summed E-state index contributed by atoms with van der Waals surface area (Å²) in [5.41, 5.74) is 0.354. The Bertz CT molecular complexity index is 862. The molecule has 0 aliphatic carbocycles. The molecule has 1 fully saturated rings. The molecule has 3 rings (SSSR count). The monoisotopic (exact) mass is 364 g/mol. The lowest BCUT2D eigenvalue weighted by molar-refractivity contribution is -0.0935. The summed E-state index contributed by atoms with van der Waals surface area (Å²) in [6, 6.07) is 12.3. The normalized spacial score (nSPS) is 21.3. The van der Waals surface area contributed by atoms with E-state index < -0.39 is 15.6 Å². The number of ether oxygens (including phenoxy) is 1. The molecule has 0 bridgehead atoms. The van der Waals surface area contributed by atoms with Gasteiger partial charge in [0.25, 0.3) is 15.9 Å². The lowest BCUT2D eigenvalue weighted by Crippen LogP contribution is -2.50. The lowest BCUT2D eigenvalue weighted by atomic mass is 9.94. The third-order valence-corrected chi connectivity index (χ3v) is 5.56. The topological polar surface area (TPSA) is 88.9 Å². The Morgan fingerprint density at radius 1 is 1.20 bits per heavy atom. The fourth-order valence-corrected chi connectivity index (χ4v) is 3.49. The Balaban J connectivity index is 1.81. The van der Waals surface area contributed by atoms with Crippen LogP contribution in [0.2, 0.25) is 0 Å². The fraction of sp³-hybridized carbons (Fsp3) is 0.353. The number of carbonyl (C=O) groups excluding carboxylic acids is 1. The van der Waals surface area contributed by atoms with Crippen LogP contribution in [0.1, 0.15) is 23.0 Å². The molecule has 1 unspecified atom stereocenters. The minimum Gasteiger partial charge on any atom is -0.438 e. The molecule has 7 nitrogen and oxygen atoms in total. The van der Waals surface area contributed by atoms with Crippen LogP contribution in [0.25, 0.3) is 0 Å². The van der Waals surface area contributed by atoms with Gasteiger partial charge in [0.2, 0.25) is 5.09 Å². The SMILES string of the molecule is CNS(=O)(=O)c1ccc(C(=O)N2CCOC(C)(c3ccccc3)C2)o1. The standard InChI is InChI=1S/C17H20N2O5S/c1-17(13-6-4-3-5-7-13)12-19(10-11-23-17)16(20)14-8-9-15(24-14)25(21,22)18-2/h3-9,18H,10-12H2,1-2H3. The molecule has 0 radical (unpaired) electrons. The Hall–Kier alpha value is -2.16. The fourth-order valence-electron chi connectivity index (χ4n) is 2.84. The second-order valence-corrected chi connectivity index (χ2v) is 7.82. The van der Waals surface area contributed by atoms with Gasteiger partial charge in [0, 0.05) is 6.54 Å². The molecule has 1 aromatic heterocycles. The van der Waals surface area contributed by atoms with Crippen LogP contribution in [0.3, 0.4) is 0 Å². The van der Waals surface area contributed by atoms with Crippen molar-refractivity contribution in [3.05, 3.63) is 53.8 Å². The number of nitrogens with one attached hydrogen (secondary N) is 1. The molecule has 2 aromatic rings. The number of hydrogen-bond donors (Lipinski definition) is 1. The summed E-state index contributed by atoms with van der Waals surface area (Å²) < 4.78 is 36.8. The van der Waals surface area contributed by atoms with Crippen LogP contribution in [-0.4, -0.2) is 46.0 Å². The predicted molar refractivity (Wildman–Crippen MR) is 90.6 cm³/mol. The van der Waals surface area contributed by atoms with Crippen molar-refractivity contribution in [3.63, 3.8) is 0 Å². The number of morpholine rings is 1. The van der Waals surface area contributed by atoms with Crippen molar-refractivity contribution in [3.8, 4) is 0 Å². The van der Waals surface area contributed by atoms with Crippen molar-refractivity contribution in [2.45, 2.75) is 17.6 Å². The number of hydrogen-bond acceptors (Lipinski definition) is 5. The first kappa shape index (κ1) is 17.7. The van der Waals surface area contributed by atoms with Crippen LogP contribution >= 0.6 is 0 Å². The van der Waals surface area contributed by atoms with Gasteiger partial charge in [0.05, 0.1) is 13.2 Å². The molecule has 0 spiro atoms. The van der Waals surface area contributed by atoms with Crippen molar-refractivity contribution in [2.75, 3.05) is 26.7 Å². The second-order valence-electron chi connectivity index (χ2n) is 6.00. The molecule has 1 atom stereocenters. The van der Waals surface area contributed by atoms with Gasteiger partial charge in [-0.25, -0.2) is 13.1 Å². The number of furan rings is 1. The molecular formula is C17H20N2O5S. The van der Waals surface area contributed by atoms with Gasteiger partial charge in [-0.15, -0.1) is 0 Å². The smallest absolute Gasteiger partial charge is 0.289 e. The summed E-state index contributed by atoms with van der Waals surface area (Å²) in [5.74, 6) is -0.367. The number of carbonyl (C=O) groups is 1. The molecule has 1 amide bonds. The van der Waals surface area contributed by atoms with Gasteiger partial charge in [-0.05, 0) is 31.7 Å². The number of nitrogens with zero attached hydrogens (tertiary/aromatic N) is 1. The van der Waals surface area contributed by atoms with E-state index in [0.29, 0.717) is 19.7 Å². The lowest BCUT2D eigenvalue weighted by Gasteiger charge is -2.40. The Kier molecular flexibility index (Phi) is 4.68. The molecule has 8 heteroatoms. The third-order valence-electron chi connectivity index (χ3n) is 4.27. The van der Waals surface area contributed by atoms with Gasteiger partial charge in [0.15, 0.2) is 5.76 Å². The summed E-state index contributed by atoms with van der Waals surface area (Å²) in [6.07, 6.45) is 0. The highest BCUT2D eigenvalue weighted by Crippen LogP contribution is 2.30. The minimum absolute atomic E-state index is 0.00821. The van der Waals surface area contributed by atoms with Crippen LogP contribution in [0.5, 0.6) is 0 Å². The average molecular weight is 364 g/mol. The first-order valence-corrected chi connectivity index (χ1v) is 9.36. The maximum Gasteiger partial charge on any atom is 0.289 e. The molecule has 1 aliphatic heterocycles. The van der Waals surface area contributed by atoms with Gasteiger partial charge >= 0.3 is 0 Å². The van der Waals surface area contributed by atoms with E-state index in [1.165, 1.54) is 19.2 Å². The summed E-state index contributed by atoms with van der Waals surface area (Å²) in [4.78, 5) is 14.3. The molecular weight excluding hydrogens is 344 g/mol. The average Bonchev–Trinajstić information content (AvgIpc) is 3.13. The van der Waals surface area contributed by atoms with Gasteiger partial charge in [0.1, 0.15) is 5.60 Å². The molecule has 0 saturated carbocycles. The molecule has 1 aromatic carbocycles. The van der Waals surface area contributed by atoms with Crippen LogP contribution in [0, 0.1) is 0 Å². The summed E-state index contributed by atoms with van der Waals surface area (Å²) in [7, 11) is -2.44. The number of amides is 1. The zero-order chi connectivity index (χ0) is 18.1. The number of rotatable bonds is 4. The molecule has 2 heterocycles. The first-order chi connectivity index (χ1) is 11.9. The van der Waals surface area contributed by atoms with Crippen molar-refractivity contribution < 1.29 is 22.4 Å². The highest BCUT2D eigenvalue weighted by molar-refractivity contribution is 7.89. The van der Waals surface area contributed by atoms with Gasteiger partial charge in [-0.3, -0.25) is 4.79 Å². The van der Waals surface area contributed by atoms with Crippen LogP contribution < -0.4 is 4.72 Å². The maximum absolute atomic E-state index is 12.7. The molecule has 1 saturated heterocycles. The summed E-state index contributed by atoms with van der Waals surface area (Å²) in [6.45, 7) is 3.08. The summed E-state index contributed by atoms with van der Waals surface area (Å²) >= 11 is 0. The predicted octanol–water partition coefficient (Wildman–Crippen LogP) is 1.58. The summed E-state index contributed by atoms with van der Waals surface area (Å²) in [5, 5.41) is -0.280. The van der Waals surface area contributed by atoms with Crippen LogP contribution in [0.15, 0.2) is 52.0 Å². The Morgan fingerprint density at radius 3 is 2.60 bits per heavy atom. The van der Waals surface area contributed by atoms with E-state index in [9.17, 15) is 13.2 Å². The quantitative estimate of drug-likeness (QED) is 0.890.